The third-order valence-corrected chi connectivity index (χ3v) is 5.56. The number of Topliss-reactive ketones (excluding diaryl/α,β-unsaturated/α-hetero) is 1. The van der Waals surface area contributed by atoms with Gasteiger partial charge in [-0.1, -0.05) is 23.7 Å². The van der Waals surface area contributed by atoms with Crippen molar-refractivity contribution >= 4 is 23.3 Å². The summed E-state index contributed by atoms with van der Waals surface area (Å²) in [6.07, 6.45) is -2.58. The van der Waals surface area contributed by atoms with E-state index in [0.29, 0.717) is 34.0 Å². The van der Waals surface area contributed by atoms with Gasteiger partial charge in [-0.05, 0) is 36.2 Å². The lowest BCUT2D eigenvalue weighted by molar-refractivity contribution is -0.145. The molecule has 2 aromatic heterocycles. The minimum Gasteiger partial charge on any atom is -0.469 e. The average Bonchev–Trinajstić information content (AvgIpc) is 3.36. The largest absolute Gasteiger partial charge is 0.469 e. The fourth-order valence-corrected chi connectivity index (χ4v) is 4.14. The number of carbonyl (C=O) groups excluding carboxylic acids is 1. The smallest absolute Gasteiger partial charge is 0.453 e. The summed E-state index contributed by atoms with van der Waals surface area (Å²) in [7, 11) is 0. The molecule has 0 saturated carbocycles. The second-order valence-electron chi connectivity index (χ2n) is 7.22. The number of furan rings is 1. The third kappa shape index (κ3) is 3.09. The number of carbonyl (C=O) groups is 1. The number of hydrogen-bond donors (Lipinski definition) is 1. The molecule has 154 valence electrons. The lowest BCUT2D eigenvalue weighted by Gasteiger charge is -2.34. The van der Waals surface area contributed by atoms with Gasteiger partial charge in [0, 0.05) is 28.6 Å². The first-order valence-corrected chi connectivity index (χ1v) is 9.55. The number of aromatic nitrogens is 3. The van der Waals surface area contributed by atoms with E-state index >= 15 is 0 Å². The number of fused-ring (bicyclic) bond motifs is 1. The molecule has 0 amide bonds. The van der Waals surface area contributed by atoms with Crippen LogP contribution in [0.4, 0.5) is 19.1 Å². The molecule has 30 heavy (non-hydrogen) atoms. The van der Waals surface area contributed by atoms with E-state index in [0.717, 1.165) is 4.68 Å². The summed E-state index contributed by atoms with van der Waals surface area (Å²) >= 11 is 5.97. The highest BCUT2D eigenvalue weighted by molar-refractivity contribution is 6.30. The average molecular weight is 435 g/mol. The highest BCUT2D eigenvalue weighted by Gasteiger charge is 2.43. The fraction of sp³-hybridized carbons (Fsp3) is 0.250. The number of ketones is 1. The molecule has 2 aliphatic rings. The van der Waals surface area contributed by atoms with E-state index in [1.54, 1.807) is 36.4 Å². The SMILES string of the molecule is O=C1C[C@H](c2ccco2)CC2=C1[C@H](c1ccc(Cl)cc1)n1nc(C(F)(F)F)nc1N2. The van der Waals surface area contributed by atoms with Crippen LogP contribution >= 0.6 is 11.6 Å². The molecule has 6 nitrogen and oxygen atoms in total. The van der Waals surface area contributed by atoms with Crippen molar-refractivity contribution in [2.45, 2.75) is 31.0 Å². The number of benzene rings is 1. The van der Waals surface area contributed by atoms with Crippen LogP contribution in [-0.4, -0.2) is 20.5 Å². The third-order valence-electron chi connectivity index (χ3n) is 5.30. The quantitative estimate of drug-likeness (QED) is 0.617. The topological polar surface area (TPSA) is 73.0 Å². The number of nitrogens with one attached hydrogen (secondary N) is 1. The standard InChI is InChI=1S/C20H14ClF3N4O2/c21-12-5-3-10(4-6-12)17-16-13(8-11(9-14(16)29)15-2-1-7-30-15)25-19-26-18(20(22,23)24)27-28(17)19/h1-7,11,17H,8-9H2,(H,25,26,27)/t11-,17+/m1/s1. The van der Waals surface area contributed by atoms with Crippen LogP contribution in [0, 0.1) is 0 Å². The van der Waals surface area contributed by atoms with Crippen LogP contribution in [0.2, 0.25) is 5.02 Å². The Labute approximate surface area is 173 Å². The number of hydrogen-bond acceptors (Lipinski definition) is 5. The van der Waals surface area contributed by atoms with Crippen molar-refractivity contribution < 1.29 is 22.4 Å². The van der Waals surface area contributed by atoms with E-state index in [1.807, 2.05) is 0 Å². The van der Waals surface area contributed by atoms with Gasteiger partial charge >= 0.3 is 6.18 Å². The Kier molecular flexibility index (Phi) is 4.25. The molecule has 1 aromatic carbocycles. The highest BCUT2D eigenvalue weighted by atomic mass is 35.5. The molecule has 5 rings (SSSR count). The summed E-state index contributed by atoms with van der Waals surface area (Å²) in [6.45, 7) is 0. The first-order chi connectivity index (χ1) is 14.3. The van der Waals surface area contributed by atoms with Gasteiger partial charge in [0.05, 0.1) is 6.26 Å². The maximum Gasteiger partial charge on any atom is 0.453 e. The summed E-state index contributed by atoms with van der Waals surface area (Å²) in [6, 6.07) is 9.29. The second kappa shape index (κ2) is 6.73. The summed E-state index contributed by atoms with van der Waals surface area (Å²) < 4.78 is 46.4. The Morgan fingerprint density at radius 1 is 1.17 bits per heavy atom. The summed E-state index contributed by atoms with van der Waals surface area (Å²) in [5.74, 6) is -1.06. The minimum atomic E-state index is -4.71. The van der Waals surface area contributed by atoms with Crippen molar-refractivity contribution in [3.63, 3.8) is 0 Å². The minimum absolute atomic E-state index is 0.0612. The second-order valence-corrected chi connectivity index (χ2v) is 7.65. The molecule has 1 N–H and O–H groups in total. The zero-order valence-corrected chi connectivity index (χ0v) is 16.0. The molecule has 10 heteroatoms. The zero-order valence-electron chi connectivity index (χ0n) is 15.3. The van der Waals surface area contributed by atoms with Crippen molar-refractivity contribution in [2.75, 3.05) is 5.32 Å². The molecule has 3 aromatic rings. The first kappa shape index (κ1) is 18.9. The van der Waals surface area contributed by atoms with Crippen molar-refractivity contribution in [3.8, 4) is 0 Å². The van der Waals surface area contributed by atoms with Crippen LogP contribution in [0.25, 0.3) is 0 Å². The lowest BCUT2D eigenvalue weighted by atomic mass is 9.79. The highest BCUT2D eigenvalue weighted by Crippen LogP contribution is 2.44. The van der Waals surface area contributed by atoms with Crippen molar-refractivity contribution in [3.05, 3.63) is 76.1 Å². The fourth-order valence-electron chi connectivity index (χ4n) is 4.01. The van der Waals surface area contributed by atoms with Crippen LogP contribution in [0.5, 0.6) is 0 Å². The van der Waals surface area contributed by atoms with Gasteiger partial charge in [0.25, 0.3) is 5.82 Å². The van der Waals surface area contributed by atoms with Gasteiger partial charge in [0.15, 0.2) is 5.78 Å². The van der Waals surface area contributed by atoms with E-state index in [9.17, 15) is 18.0 Å². The van der Waals surface area contributed by atoms with Gasteiger partial charge in [-0.15, -0.1) is 5.10 Å². The molecule has 0 bridgehead atoms. The Balaban J connectivity index is 1.64. The van der Waals surface area contributed by atoms with Gasteiger partial charge in [-0.2, -0.15) is 18.2 Å². The molecule has 3 heterocycles. The Hall–Kier alpha value is -3.07. The summed E-state index contributed by atoms with van der Waals surface area (Å²) in [4.78, 5) is 16.8. The van der Waals surface area contributed by atoms with Crippen LogP contribution in [0.3, 0.4) is 0 Å². The van der Waals surface area contributed by atoms with E-state index in [2.05, 4.69) is 15.4 Å². The molecular formula is C20H14ClF3N4O2. The normalized spacial score (nSPS) is 21.3. The van der Waals surface area contributed by atoms with E-state index in [1.165, 1.54) is 6.26 Å². The Morgan fingerprint density at radius 3 is 2.60 bits per heavy atom. The first-order valence-electron chi connectivity index (χ1n) is 9.17. The maximum absolute atomic E-state index is 13.3. The van der Waals surface area contributed by atoms with Gasteiger partial charge < -0.3 is 9.73 Å². The number of alkyl halides is 3. The zero-order chi connectivity index (χ0) is 21.0. The predicted octanol–water partition coefficient (Wildman–Crippen LogP) is 4.96. The number of rotatable bonds is 2. The van der Waals surface area contributed by atoms with Crippen LogP contribution < -0.4 is 5.32 Å². The van der Waals surface area contributed by atoms with E-state index < -0.39 is 18.0 Å². The molecule has 0 radical (unpaired) electrons. The molecule has 2 atom stereocenters. The van der Waals surface area contributed by atoms with Gasteiger partial charge in [-0.25, -0.2) is 4.68 Å². The molecule has 0 fully saturated rings. The number of nitrogens with zero attached hydrogens (tertiary/aromatic N) is 3. The van der Waals surface area contributed by atoms with E-state index in [-0.39, 0.29) is 24.1 Å². The maximum atomic E-state index is 13.3. The van der Waals surface area contributed by atoms with E-state index in [4.69, 9.17) is 16.0 Å². The Bertz CT molecular complexity index is 1150. The predicted molar refractivity (Wildman–Crippen MR) is 101 cm³/mol. The Morgan fingerprint density at radius 2 is 1.93 bits per heavy atom. The van der Waals surface area contributed by atoms with Crippen molar-refractivity contribution in [2.24, 2.45) is 0 Å². The number of anilines is 1. The summed E-state index contributed by atoms with van der Waals surface area (Å²) in [5, 5.41) is 7.06. The molecule has 1 aliphatic carbocycles. The lowest BCUT2D eigenvalue weighted by Crippen LogP contribution is -2.33. The molecule has 0 spiro atoms. The molecule has 0 unspecified atom stereocenters. The van der Waals surface area contributed by atoms with Crippen LogP contribution in [-0.2, 0) is 11.0 Å². The van der Waals surface area contributed by atoms with Gasteiger partial charge in [0.2, 0.25) is 5.95 Å². The monoisotopic (exact) mass is 434 g/mol. The van der Waals surface area contributed by atoms with Crippen LogP contribution in [0.15, 0.2) is 58.3 Å². The summed E-state index contributed by atoms with van der Waals surface area (Å²) in [5.41, 5.74) is 1.51. The number of halogens is 4. The van der Waals surface area contributed by atoms with Crippen molar-refractivity contribution in [1.82, 2.24) is 14.8 Å². The molecular weight excluding hydrogens is 421 g/mol. The molecule has 1 aliphatic heterocycles. The van der Waals surface area contributed by atoms with Gasteiger partial charge in [-0.3, -0.25) is 4.79 Å². The van der Waals surface area contributed by atoms with Gasteiger partial charge in [0.1, 0.15) is 11.8 Å². The van der Waals surface area contributed by atoms with Crippen LogP contribution in [0.1, 0.15) is 41.9 Å². The van der Waals surface area contributed by atoms with Crippen molar-refractivity contribution in [1.29, 1.82) is 0 Å². The number of allylic oxidation sites excluding steroid dienone is 2. The molecule has 0 saturated heterocycles.